The van der Waals surface area contributed by atoms with Crippen LogP contribution >= 0.6 is 0 Å². The van der Waals surface area contributed by atoms with Gasteiger partial charge < -0.3 is 14.8 Å². The van der Waals surface area contributed by atoms with E-state index in [1.165, 1.54) is 0 Å². The van der Waals surface area contributed by atoms with Crippen molar-refractivity contribution in [3.8, 4) is 0 Å². The Balaban J connectivity index is 4.36. The van der Waals surface area contributed by atoms with Crippen LogP contribution in [0.1, 0.15) is 92.9 Å². The molecule has 1 N–H and O–H groups in total. The molecule has 0 heterocycles. The molecule has 0 saturated carbocycles. The lowest BCUT2D eigenvalue weighted by Gasteiger charge is -2.21. The minimum atomic E-state index is -0.862. The smallest absolute Gasteiger partial charge is 0.309 e. The second kappa shape index (κ2) is 15.3. The summed E-state index contributed by atoms with van der Waals surface area (Å²) < 4.78 is 10.8. The molecule has 164 valence electrons. The highest BCUT2D eigenvalue weighted by atomic mass is 16.6. The van der Waals surface area contributed by atoms with Crippen LogP contribution < -0.4 is 5.32 Å². The third-order valence-corrected chi connectivity index (χ3v) is 5.01. The minimum absolute atomic E-state index is 0.0907. The molecule has 0 aromatic heterocycles. The Labute approximate surface area is 171 Å². The van der Waals surface area contributed by atoms with E-state index in [4.69, 9.17) is 9.47 Å². The number of carbonyl (C=O) groups excluding carboxylic acids is 3. The molecule has 0 aliphatic carbocycles. The van der Waals surface area contributed by atoms with Crippen LogP contribution in [0.4, 0.5) is 0 Å². The average Bonchev–Trinajstić information content (AvgIpc) is 2.67. The Bertz CT molecular complexity index is 466. The minimum Gasteiger partial charge on any atom is -0.461 e. The van der Waals surface area contributed by atoms with Gasteiger partial charge in [-0.25, -0.2) is 0 Å². The number of ether oxygens (including phenoxy) is 2. The number of esters is 2. The van der Waals surface area contributed by atoms with Gasteiger partial charge in [0.25, 0.3) is 5.91 Å². The molecule has 0 fully saturated rings. The molecule has 0 radical (unpaired) electrons. The Kier molecular flexibility index (Phi) is 14.5. The summed E-state index contributed by atoms with van der Waals surface area (Å²) in [6, 6.07) is 0. The number of unbranched alkanes of at least 4 members (excludes halogenated alkanes) is 2. The van der Waals surface area contributed by atoms with Gasteiger partial charge in [-0.2, -0.15) is 0 Å². The summed E-state index contributed by atoms with van der Waals surface area (Å²) in [6.45, 7) is 11.6. The first-order valence-corrected chi connectivity index (χ1v) is 11.0. The average molecular weight is 400 g/mol. The monoisotopic (exact) mass is 399 g/mol. The fourth-order valence-electron chi connectivity index (χ4n) is 2.93. The molecule has 0 unspecified atom stereocenters. The highest BCUT2D eigenvalue weighted by Gasteiger charge is 2.24. The van der Waals surface area contributed by atoms with Gasteiger partial charge in [-0.05, 0) is 39.5 Å². The van der Waals surface area contributed by atoms with Crippen LogP contribution in [0.2, 0.25) is 0 Å². The molecule has 0 aromatic carbocycles. The van der Waals surface area contributed by atoms with E-state index in [0.717, 1.165) is 44.9 Å². The molecule has 0 saturated heterocycles. The molecule has 1 amide bonds. The second-order valence-electron chi connectivity index (χ2n) is 7.57. The van der Waals surface area contributed by atoms with Crippen LogP contribution in [-0.2, 0) is 23.9 Å². The molecule has 0 spiro atoms. The van der Waals surface area contributed by atoms with E-state index in [1.807, 2.05) is 13.8 Å². The van der Waals surface area contributed by atoms with E-state index in [2.05, 4.69) is 19.2 Å². The van der Waals surface area contributed by atoms with E-state index in [0.29, 0.717) is 6.42 Å². The first-order chi connectivity index (χ1) is 13.3. The zero-order valence-electron chi connectivity index (χ0n) is 18.7. The Morgan fingerprint density at radius 1 is 0.786 bits per heavy atom. The van der Waals surface area contributed by atoms with Gasteiger partial charge in [-0.1, -0.05) is 53.4 Å². The molecular formula is C22H41NO5. The van der Waals surface area contributed by atoms with Crippen LogP contribution in [-0.4, -0.2) is 36.6 Å². The predicted molar refractivity (Wildman–Crippen MR) is 111 cm³/mol. The maximum Gasteiger partial charge on any atom is 0.309 e. The lowest BCUT2D eigenvalue weighted by molar-refractivity contribution is -0.159. The van der Waals surface area contributed by atoms with Crippen molar-refractivity contribution in [1.29, 1.82) is 0 Å². The van der Waals surface area contributed by atoms with Crippen molar-refractivity contribution in [3.63, 3.8) is 0 Å². The second-order valence-corrected chi connectivity index (χ2v) is 7.57. The van der Waals surface area contributed by atoms with Gasteiger partial charge in [-0.15, -0.1) is 0 Å². The van der Waals surface area contributed by atoms with Crippen LogP contribution in [0.15, 0.2) is 0 Å². The number of nitrogens with one attached hydrogen (secondary N) is 1. The van der Waals surface area contributed by atoms with Gasteiger partial charge in [0.2, 0.25) is 0 Å². The molecule has 0 aromatic rings. The third-order valence-electron chi connectivity index (χ3n) is 5.01. The number of amides is 1. The number of hydrogen-bond donors (Lipinski definition) is 1. The van der Waals surface area contributed by atoms with Crippen molar-refractivity contribution in [2.45, 2.75) is 105 Å². The molecular weight excluding hydrogens is 358 g/mol. The first-order valence-electron chi connectivity index (χ1n) is 11.0. The molecule has 0 aliphatic heterocycles. The van der Waals surface area contributed by atoms with E-state index >= 15 is 0 Å². The number of carbonyl (C=O) groups is 3. The van der Waals surface area contributed by atoms with Gasteiger partial charge >= 0.3 is 11.9 Å². The Morgan fingerprint density at radius 3 is 1.68 bits per heavy atom. The van der Waals surface area contributed by atoms with Gasteiger partial charge in [0.15, 0.2) is 6.10 Å². The van der Waals surface area contributed by atoms with Gasteiger partial charge in [0, 0.05) is 0 Å². The van der Waals surface area contributed by atoms with E-state index in [1.54, 1.807) is 13.8 Å². The fraction of sp³-hybridized carbons (Fsp3) is 0.864. The quantitative estimate of drug-likeness (QED) is 0.413. The molecule has 0 aliphatic rings. The lowest BCUT2D eigenvalue weighted by Crippen LogP contribution is -2.41. The normalized spacial score (nSPS) is 15.2. The van der Waals surface area contributed by atoms with Crippen molar-refractivity contribution in [2.75, 3.05) is 6.54 Å². The van der Waals surface area contributed by atoms with E-state index < -0.39 is 12.2 Å². The predicted octanol–water partition coefficient (Wildman–Crippen LogP) is 4.40. The van der Waals surface area contributed by atoms with Crippen LogP contribution in [0, 0.1) is 11.8 Å². The van der Waals surface area contributed by atoms with E-state index in [-0.39, 0.29) is 36.2 Å². The first kappa shape index (κ1) is 26.4. The van der Waals surface area contributed by atoms with Crippen LogP contribution in [0.25, 0.3) is 0 Å². The Hall–Kier alpha value is -1.59. The molecule has 6 nitrogen and oxygen atoms in total. The topological polar surface area (TPSA) is 81.7 Å². The van der Waals surface area contributed by atoms with Gasteiger partial charge in [0.05, 0.1) is 18.4 Å². The molecule has 28 heavy (non-hydrogen) atoms. The summed E-state index contributed by atoms with van der Waals surface area (Å²) in [5, 5.41) is 2.70. The molecule has 4 atom stereocenters. The van der Waals surface area contributed by atoms with Crippen molar-refractivity contribution < 1.29 is 23.9 Å². The highest BCUT2D eigenvalue weighted by molar-refractivity contribution is 5.84. The molecule has 0 rings (SSSR count). The van der Waals surface area contributed by atoms with E-state index in [9.17, 15) is 14.4 Å². The summed E-state index contributed by atoms with van der Waals surface area (Å²) >= 11 is 0. The lowest BCUT2D eigenvalue weighted by atomic mass is 10.00. The zero-order valence-corrected chi connectivity index (χ0v) is 18.7. The van der Waals surface area contributed by atoms with Crippen LogP contribution in [0.3, 0.4) is 0 Å². The van der Waals surface area contributed by atoms with Gasteiger partial charge in [0.1, 0.15) is 6.10 Å². The number of hydrogen-bond acceptors (Lipinski definition) is 5. The Morgan fingerprint density at radius 2 is 1.25 bits per heavy atom. The summed E-state index contributed by atoms with van der Waals surface area (Å²) in [7, 11) is 0. The maximum atomic E-state index is 12.2. The standard InChI is InChI=1S/C22H41NO5/c1-7-11-13-18(9-3)21(25)27-16(5)15-23-20(24)17(6)28-22(26)19(10-4)14-12-8-2/h16-19H,7-15H2,1-6H3,(H,23,24)/t16-,17-,18+,19-/m1/s1. The van der Waals surface area contributed by atoms with Crippen molar-refractivity contribution in [1.82, 2.24) is 5.32 Å². The highest BCUT2D eigenvalue weighted by Crippen LogP contribution is 2.16. The van der Waals surface area contributed by atoms with Crippen molar-refractivity contribution in [3.05, 3.63) is 0 Å². The van der Waals surface area contributed by atoms with Crippen LogP contribution in [0.5, 0.6) is 0 Å². The largest absolute Gasteiger partial charge is 0.461 e. The third kappa shape index (κ3) is 10.7. The summed E-state index contributed by atoms with van der Waals surface area (Å²) in [6.07, 6.45) is 5.81. The number of rotatable bonds is 15. The maximum absolute atomic E-state index is 12.2. The summed E-state index contributed by atoms with van der Waals surface area (Å²) in [5.41, 5.74) is 0. The van der Waals surface area contributed by atoms with Crippen molar-refractivity contribution in [2.24, 2.45) is 11.8 Å². The molecule has 0 bridgehead atoms. The SMILES string of the molecule is CCCC[C@H](CC)C(=O)O[C@H](C)CNC(=O)[C@@H](C)OC(=O)[C@H](CC)CCCC. The fourth-order valence-corrected chi connectivity index (χ4v) is 2.93. The molecule has 6 heteroatoms. The van der Waals surface area contributed by atoms with Crippen molar-refractivity contribution >= 4 is 17.8 Å². The zero-order chi connectivity index (χ0) is 21.5. The summed E-state index contributed by atoms with van der Waals surface area (Å²) in [4.78, 5) is 36.6. The summed E-state index contributed by atoms with van der Waals surface area (Å²) in [5.74, 6) is -1.16. The van der Waals surface area contributed by atoms with Gasteiger partial charge in [-0.3, -0.25) is 14.4 Å².